The summed E-state index contributed by atoms with van der Waals surface area (Å²) in [5.41, 5.74) is 5.48. The zero-order chi connectivity index (χ0) is 11.7. The molecule has 1 aliphatic carbocycles. The minimum atomic E-state index is -0.441. The lowest BCUT2D eigenvalue weighted by Gasteiger charge is -2.23. The van der Waals surface area contributed by atoms with E-state index < -0.39 is 5.60 Å². The Morgan fingerprint density at radius 1 is 1.53 bits per heavy atom. The van der Waals surface area contributed by atoms with Crippen molar-refractivity contribution in [2.24, 2.45) is 5.73 Å². The molecule has 0 heterocycles. The maximum absolute atomic E-state index is 11.4. The fourth-order valence-corrected chi connectivity index (χ4v) is 1.53. The second-order valence-electron chi connectivity index (χ2n) is 5.61. The molecule has 0 aromatic rings. The molecule has 0 saturated heterocycles. The molecule has 1 amide bonds. The number of ether oxygens (including phenoxy) is 1. The molecule has 1 fully saturated rings. The molecule has 1 unspecified atom stereocenters. The van der Waals surface area contributed by atoms with Gasteiger partial charge in [-0.25, -0.2) is 4.79 Å². The van der Waals surface area contributed by atoms with Crippen LogP contribution < -0.4 is 11.1 Å². The third-order valence-electron chi connectivity index (χ3n) is 2.37. The number of carbonyl (C=O) groups is 1. The summed E-state index contributed by atoms with van der Waals surface area (Å²) in [6, 6.07) is 0.0762. The molecule has 4 nitrogen and oxygen atoms in total. The van der Waals surface area contributed by atoms with E-state index in [0.29, 0.717) is 0 Å². The predicted molar refractivity (Wildman–Crippen MR) is 59.6 cm³/mol. The van der Waals surface area contributed by atoms with E-state index in [2.05, 4.69) is 5.32 Å². The van der Waals surface area contributed by atoms with Crippen molar-refractivity contribution in [3.05, 3.63) is 0 Å². The molecular formula is C11H22N2O2. The van der Waals surface area contributed by atoms with Crippen LogP contribution in [0.25, 0.3) is 0 Å². The Kier molecular flexibility index (Phi) is 3.28. The second kappa shape index (κ2) is 4.00. The smallest absolute Gasteiger partial charge is 0.407 e. The van der Waals surface area contributed by atoms with Crippen molar-refractivity contribution in [2.75, 3.05) is 0 Å². The van der Waals surface area contributed by atoms with Gasteiger partial charge in [0.25, 0.3) is 0 Å². The molecule has 88 valence electrons. The van der Waals surface area contributed by atoms with Gasteiger partial charge >= 0.3 is 6.09 Å². The van der Waals surface area contributed by atoms with Crippen molar-refractivity contribution >= 4 is 6.09 Å². The lowest BCUT2D eigenvalue weighted by Crippen LogP contribution is -2.41. The van der Waals surface area contributed by atoms with Crippen LogP contribution in [-0.2, 0) is 4.74 Å². The van der Waals surface area contributed by atoms with Gasteiger partial charge in [-0.2, -0.15) is 0 Å². The Labute approximate surface area is 91.5 Å². The normalized spacial score (nSPS) is 20.6. The molecule has 0 spiro atoms. The molecule has 1 atom stereocenters. The summed E-state index contributed by atoms with van der Waals surface area (Å²) in [4.78, 5) is 11.4. The van der Waals surface area contributed by atoms with Gasteiger partial charge in [-0.15, -0.1) is 0 Å². The van der Waals surface area contributed by atoms with Crippen LogP contribution in [0.4, 0.5) is 4.79 Å². The number of nitrogens with two attached hydrogens (primary N) is 1. The minimum absolute atomic E-state index is 0.0333. The molecule has 1 rings (SSSR count). The van der Waals surface area contributed by atoms with E-state index >= 15 is 0 Å². The van der Waals surface area contributed by atoms with Gasteiger partial charge in [0.05, 0.1) is 0 Å². The first-order valence-corrected chi connectivity index (χ1v) is 5.49. The van der Waals surface area contributed by atoms with Crippen molar-refractivity contribution in [1.82, 2.24) is 5.32 Å². The molecular weight excluding hydrogens is 192 g/mol. The van der Waals surface area contributed by atoms with Gasteiger partial charge in [0.15, 0.2) is 0 Å². The van der Waals surface area contributed by atoms with Gasteiger partial charge in [-0.1, -0.05) is 0 Å². The first-order chi connectivity index (χ1) is 6.70. The lowest BCUT2D eigenvalue weighted by atomic mass is 10.1. The van der Waals surface area contributed by atoms with Crippen molar-refractivity contribution in [1.29, 1.82) is 0 Å². The molecule has 4 heteroatoms. The predicted octanol–water partition coefficient (Wildman–Crippen LogP) is 1.78. The van der Waals surface area contributed by atoms with Crippen LogP contribution in [0.1, 0.15) is 47.0 Å². The molecule has 0 aliphatic heterocycles. The van der Waals surface area contributed by atoms with E-state index in [-0.39, 0.29) is 17.7 Å². The summed E-state index contributed by atoms with van der Waals surface area (Å²) in [7, 11) is 0. The number of carbonyl (C=O) groups excluding carboxylic acids is 1. The van der Waals surface area contributed by atoms with E-state index in [1.54, 1.807) is 0 Å². The molecule has 0 radical (unpaired) electrons. The van der Waals surface area contributed by atoms with E-state index in [9.17, 15) is 4.79 Å². The zero-order valence-corrected chi connectivity index (χ0v) is 10.1. The van der Waals surface area contributed by atoms with Crippen LogP contribution in [0.15, 0.2) is 0 Å². The van der Waals surface area contributed by atoms with Gasteiger partial charge in [-0.05, 0) is 47.0 Å². The lowest BCUT2D eigenvalue weighted by molar-refractivity contribution is 0.0504. The van der Waals surface area contributed by atoms with Gasteiger partial charge in [0.1, 0.15) is 5.60 Å². The first-order valence-electron chi connectivity index (χ1n) is 5.49. The number of hydrogen-bond acceptors (Lipinski definition) is 3. The topological polar surface area (TPSA) is 64.3 Å². The third-order valence-corrected chi connectivity index (χ3v) is 2.37. The van der Waals surface area contributed by atoms with Crippen LogP contribution in [-0.4, -0.2) is 23.3 Å². The molecule has 1 saturated carbocycles. The zero-order valence-electron chi connectivity index (χ0n) is 10.1. The summed E-state index contributed by atoms with van der Waals surface area (Å²) in [6.45, 7) is 7.50. The third kappa shape index (κ3) is 5.02. The number of rotatable bonds is 3. The van der Waals surface area contributed by atoms with Gasteiger partial charge in [0, 0.05) is 11.6 Å². The molecule has 0 aromatic heterocycles. The largest absolute Gasteiger partial charge is 0.444 e. The van der Waals surface area contributed by atoms with Crippen LogP contribution in [0.5, 0.6) is 0 Å². The fraction of sp³-hybridized carbons (Fsp3) is 0.909. The number of nitrogens with one attached hydrogen (secondary N) is 1. The van der Waals surface area contributed by atoms with E-state index in [0.717, 1.165) is 19.3 Å². The highest BCUT2D eigenvalue weighted by Gasteiger charge is 2.39. The fourth-order valence-electron chi connectivity index (χ4n) is 1.53. The Hall–Kier alpha value is -0.770. The van der Waals surface area contributed by atoms with Gasteiger partial charge in [0.2, 0.25) is 0 Å². The summed E-state index contributed by atoms with van der Waals surface area (Å²) >= 11 is 0. The second-order valence-corrected chi connectivity index (χ2v) is 5.61. The highest BCUT2D eigenvalue weighted by molar-refractivity contribution is 5.68. The highest BCUT2D eigenvalue weighted by Crippen LogP contribution is 2.36. The minimum Gasteiger partial charge on any atom is -0.444 e. The Morgan fingerprint density at radius 3 is 2.47 bits per heavy atom. The van der Waals surface area contributed by atoms with Gasteiger partial charge < -0.3 is 15.8 Å². The quantitative estimate of drug-likeness (QED) is 0.752. The van der Waals surface area contributed by atoms with Crippen LogP contribution in [0.2, 0.25) is 0 Å². The number of alkyl carbamates (subject to hydrolysis) is 1. The van der Waals surface area contributed by atoms with Crippen molar-refractivity contribution in [3.8, 4) is 0 Å². The highest BCUT2D eigenvalue weighted by atomic mass is 16.6. The Morgan fingerprint density at radius 2 is 2.07 bits per heavy atom. The van der Waals surface area contributed by atoms with E-state index in [4.69, 9.17) is 10.5 Å². The van der Waals surface area contributed by atoms with E-state index in [1.165, 1.54) is 0 Å². The monoisotopic (exact) mass is 214 g/mol. The SMILES string of the molecule is CC(CC1(N)CC1)NC(=O)OC(C)(C)C. The summed E-state index contributed by atoms with van der Waals surface area (Å²) in [5, 5.41) is 2.79. The maximum atomic E-state index is 11.4. The maximum Gasteiger partial charge on any atom is 0.407 e. The number of hydrogen-bond donors (Lipinski definition) is 2. The standard InChI is InChI=1S/C11H22N2O2/c1-8(7-11(12)5-6-11)13-9(14)15-10(2,3)4/h8H,5-7,12H2,1-4H3,(H,13,14). The summed E-state index contributed by atoms with van der Waals surface area (Å²) in [6.07, 6.45) is 2.59. The van der Waals surface area contributed by atoms with Crippen molar-refractivity contribution < 1.29 is 9.53 Å². The molecule has 3 N–H and O–H groups in total. The first kappa shape index (κ1) is 12.3. The van der Waals surface area contributed by atoms with Crippen LogP contribution >= 0.6 is 0 Å². The van der Waals surface area contributed by atoms with E-state index in [1.807, 2.05) is 27.7 Å². The van der Waals surface area contributed by atoms with Gasteiger partial charge in [-0.3, -0.25) is 0 Å². The molecule has 0 bridgehead atoms. The summed E-state index contributed by atoms with van der Waals surface area (Å²) in [5.74, 6) is 0. The molecule has 15 heavy (non-hydrogen) atoms. The molecule has 1 aliphatic rings. The average molecular weight is 214 g/mol. The summed E-state index contributed by atoms with van der Waals surface area (Å²) < 4.78 is 5.15. The van der Waals surface area contributed by atoms with Crippen LogP contribution in [0.3, 0.4) is 0 Å². The van der Waals surface area contributed by atoms with Crippen LogP contribution in [0, 0.1) is 0 Å². The Bertz CT molecular complexity index is 241. The van der Waals surface area contributed by atoms with Crippen molar-refractivity contribution in [2.45, 2.75) is 64.1 Å². The average Bonchev–Trinajstić information content (AvgIpc) is 2.61. The molecule has 0 aromatic carbocycles. The number of amides is 1. The Balaban J connectivity index is 2.25. The van der Waals surface area contributed by atoms with Crippen molar-refractivity contribution in [3.63, 3.8) is 0 Å².